The fourth-order valence-corrected chi connectivity index (χ4v) is 1.96. The Hall–Kier alpha value is -1.94. The summed E-state index contributed by atoms with van der Waals surface area (Å²) in [5.74, 6) is 1.64. The SMILES string of the molecule is CNc1cc(COC)nc(Cc2ccccc2C)n1. The molecule has 0 aliphatic heterocycles. The molecule has 0 unspecified atom stereocenters. The third-order valence-corrected chi connectivity index (χ3v) is 2.98. The number of anilines is 1. The van der Waals surface area contributed by atoms with Gasteiger partial charge in [0.2, 0.25) is 0 Å². The van der Waals surface area contributed by atoms with E-state index in [1.807, 2.05) is 25.2 Å². The third kappa shape index (κ3) is 3.51. The standard InChI is InChI=1S/C15H19N3O/c1-11-6-4-5-7-12(11)8-15-17-13(10-19-3)9-14(16-2)18-15/h4-7,9H,8,10H2,1-3H3,(H,16,17,18). The Morgan fingerprint density at radius 3 is 2.68 bits per heavy atom. The average molecular weight is 257 g/mol. The predicted molar refractivity (Wildman–Crippen MR) is 76.3 cm³/mol. The number of nitrogens with zero attached hydrogens (tertiary/aromatic N) is 2. The maximum atomic E-state index is 5.14. The van der Waals surface area contributed by atoms with Crippen LogP contribution in [0.25, 0.3) is 0 Å². The van der Waals surface area contributed by atoms with Gasteiger partial charge in [-0.1, -0.05) is 24.3 Å². The van der Waals surface area contributed by atoms with E-state index in [-0.39, 0.29) is 0 Å². The highest BCUT2D eigenvalue weighted by Crippen LogP contribution is 2.14. The fourth-order valence-electron chi connectivity index (χ4n) is 1.96. The lowest BCUT2D eigenvalue weighted by molar-refractivity contribution is 0.181. The van der Waals surface area contributed by atoms with Crippen molar-refractivity contribution >= 4 is 5.82 Å². The van der Waals surface area contributed by atoms with Gasteiger partial charge in [-0.15, -0.1) is 0 Å². The number of hydrogen-bond acceptors (Lipinski definition) is 4. The molecule has 2 aromatic rings. The molecule has 0 fully saturated rings. The number of rotatable bonds is 5. The maximum Gasteiger partial charge on any atom is 0.135 e. The molecule has 1 N–H and O–H groups in total. The monoisotopic (exact) mass is 257 g/mol. The molecule has 0 radical (unpaired) electrons. The highest BCUT2D eigenvalue weighted by Gasteiger charge is 2.06. The first-order valence-corrected chi connectivity index (χ1v) is 6.31. The van der Waals surface area contributed by atoms with E-state index >= 15 is 0 Å². The van der Waals surface area contributed by atoms with Crippen LogP contribution >= 0.6 is 0 Å². The highest BCUT2D eigenvalue weighted by atomic mass is 16.5. The molecule has 4 nitrogen and oxygen atoms in total. The Bertz CT molecular complexity index is 555. The van der Waals surface area contributed by atoms with Crippen LogP contribution < -0.4 is 5.32 Å². The Morgan fingerprint density at radius 2 is 2.00 bits per heavy atom. The summed E-state index contributed by atoms with van der Waals surface area (Å²) in [7, 11) is 3.53. The summed E-state index contributed by atoms with van der Waals surface area (Å²) in [5.41, 5.74) is 3.40. The molecule has 4 heteroatoms. The van der Waals surface area contributed by atoms with Gasteiger partial charge in [0.25, 0.3) is 0 Å². The normalized spacial score (nSPS) is 10.5. The van der Waals surface area contributed by atoms with Gasteiger partial charge in [0.15, 0.2) is 0 Å². The molecule has 0 saturated carbocycles. The Balaban J connectivity index is 2.29. The van der Waals surface area contributed by atoms with Crippen LogP contribution in [-0.2, 0) is 17.8 Å². The zero-order valence-electron chi connectivity index (χ0n) is 11.6. The number of hydrogen-bond donors (Lipinski definition) is 1. The van der Waals surface area contributed by atoms with Crippen LogP contribution in [0.4, 0.5) is 5.82 Å². The first-order chi connectivity index (χ1) is 9.22. The molecule has 0 amide bonds. The lowest BCUT2D eigenvalue weighted by Crippen LogP contribution is -2.05. The molecule has 1 aromatic heterocycles. The second-order valence-corrected chi connectivity index (χ2v) is 4.45. The van der Waals surface area contributed by atoms with Gasteiger partial charge in [0, 0.05) is 26.6 Å². The summed E-state index contributed by atoms with van der Waals surface area (Å²) in [6, 6.07) is 10.2. The molecular formula is C15H19N3O. The Morgan fingerprint density at radius 1 is 1.21 bits per heavy atom. The maximum absolute atomic E-state index is 5.14. The molecule has 2 rings (SSSR count). The van der Waals surface area contributed by atoms with E-state index in [9.17, 15) is 0 Å². The van der Waals surface area contributed by atoms with Crippen molar-refractivity contribution in [1.82, 2.24) is 9.97 Å². The van der Waals surface area contributed by atoms with Gasteiger partial charge in [0.05, 0.1) is 12.3 Å². The van der Waals surface area contributed by atoms with Gasteiger partial charge < -0.3 is 10.1 Å². The largest absolute Gasteiger partial charge is 0.378 e. The van der Waals surface area contributed by atoms with Gasteiger partial charge in [-0.25, -0.2) is 9.97 Å². The van der Waals surface area contributed by atoms with Crippen molar-refractivity contribution in [3.05, 3.63) is 53.0 Å². The summed E-state index contributed by atoms with van der Waals surface area (Å²) in [5, 5.41) is 3.06. The quantitative estimate of drug-likeness (QED) is 0.894. The topological polar surface area (TPSA) is 47.0 Å². The summed E-state index contributed by atoms with van der Waals surface area (Å²) in [6.07, 6.45) is 0.735. The van der Waals surface area contributed by atoms with Crippen molar-refractivity contribution < 1.29 is 4.74 Å². The minimum absolute atomic E-state index is 0.498. The van der Waals surface area contributed by atoms with Crippen molar-refractivity contribution in [3.8, 4) is 0 Å². The summed E-state index contributed by atoms with van der Waals surface area (Å²) < 4.78 is 5.14. The average Bonchev–Trinajstić information content (AvgIpc) is 2.41. The first kappa shape index (κ1) is 13.5. The third-order valence-electron chi connectivity index (χ3n) is 2.98. The van der Waals surface area contributed by atoms with Crippen LogP contribution in [0.5, 0.6) is 0 Å². The Labute approximate surface area is 113 Å². The lowest BCUT2D eigenvalue weighted by Gasteiger charge is -2.09. The van der Waals surface area contributed by atoms with E-state index in [0.717, 1.165) is 23.8 Å². The van der Waals surface area contributed by atoms with Crippen LogP contribution in [0, 0.1) is 6.92 Å². The van der Waals surface area contributed by atoms with Crippen LogP contribution in [0.3, 0.4) is 0 Å². The molecule has 100 valence electrons. The molecule has 0 aliphatic rings. The van der Waals surface area contributed by atoms with Crippen molar-refractivity contribution in [3.63, 3.8) is 0 Å². The minimum atomic E-state index is 0.498. The van der Waals surface area contributed by atoms with Crippen LogP contribution in [0.1, 0.15) is 22.6 Å². The first-order valence-electron chi connectivity index (χ1n) is 6.31. The predicted octanol–water partition coefficient (Wildman–Crippen LogP) is 2.56. The van der Waals surface area contributed by atoms with E-state index in [4.69, 9.17) is 4.74 Å². The summed E-state index contributed by atoms with van der Waals surface area (Å²) >= 11 is 0. The van der Waals surface area contributed by atoms with Crippen LogP contribution in [0.2, 0.25) is 0 Å². The van der Waals surface area contributed by atoms with Gasteiger partial charge >= 0.3 is 0 Å². The number of aryl methyl sites for hydroxylation is 1. The van der Waals surface area contributed by atoms with Crippen LogP contribution in [-0.4, -0.2) is 24.1 Å². The lowest BCUT2D eigenvalue weighted by atomic mass is 10.1. The molecule has 19 heavy (non-hydrogen) atoms. The molecule has 0 aliphatic carbocycles. The zero-order valence-corrected chi connectivity index (χ0v) is 11.6. The van der Waals surface area contributed by atoms with E-state index in [1.54, 1.807) is 7.11 Å². The van der Waals surface area contributed by atoms with E-state index < -0.39 is 0 Å². The van der Waals surface area contributed by atoms with Crippen molar-refractivity contribution in [2.24, 2.45) is 0 Å². The zero-order chi connectivity index (χ0) is 13.7. The van der Waals surface area contributed by atoms with E-state index in [2.05, 4.69) is 34.3 Å². The summed E-state index contributed by atoms with van der Waals surface area (Å²) in [6.45, 7) is 2.60. The molecule has 0 bridgehead atoms. The van der Waals surface area contributed by atoms with E-state index in [1.165, 1.54) is 11.1 Å². The molecule has 0 saturated heterocycles. The second-order valence-electron chi connectivity index (χ2n) is 4.45. The number of aromatic nitrogens is 2. The summed E-state index contributed by atoms with van der Waals surface area (Å²) in [4.78, 5) is 9.02. The fraction of sp³-hybridized carbons (Fsp3) is 0.333. The van der Waals surface area contributed by atoms with Crippen molar-refractivity contribution in [2.75, 3.05) is 19.5 Å². The molecule has 0 spiro atoms. The molecule has 0 atom stereocenters. The smallest absolute Gasteiger partial charge is 0.135 e. The highest BCUT2D eigenvalue weighted by molar-refractivity contribution is 5.36. The minimum Gasteiger partial charge on any atom is -0.378 e. The number of methoxy groups -OCH3 is 1. The second kappa shape index (κ2) is 6.29. The van der Waals surface area contributed by atoms with E-state index in [0.29, 0.717) is 6.61 Å². The van der Waals surface area contributed by atoms with Gasteiger partial charge in [0.1, 0.15) is 11.6 Å². The Kier molecular flexibility index (Phi) is 4.47. The molecular weight excluding hydrogens is 238 g/mol. The molecule has 1 aromatic carbocycles. The van der Waals surface area contributed by atoms with Gasteiger partial charge in [-0.2, -0.15) is 0 Å². The number of nitrogens with one attached hydrogen (secondary N) is 1. The van der Waals surface area contributed by atoms with Crippen molar-refractivity contribution in [2.45, 2.75) is 20.0 Å². The number of ether oxygens (including phenoxy) is 1. The van der Waals surface area contributed by atoms with Crippen molar-refractivity contribution in [1.29, 1.82) is 0 Å². The van der Waals surface area contributed by atoms with Gasteiger partial charge in [-0.05, 0) is 18.1 Å². The van der Waals surface area contributed by atoms with Crippen LogP contribution in [0.15, 0.2) is 30.3 Å². The number of benzene rings is 1. The van der Waals surface area contributed by atoms with Gasteiger partial charge in [-0.3, -0.25) is 0 Å². The molecule has 1 heterocycles.